The van der Waals surface area contributed by atoms with Gasteiger partial charge in [-0.05, 0) is 12.1 Å². The molecule has 1 aliphatic rings. The highest BCUT2D eigenvalue weighted by Crippen LogP contribution is 2.39. The fourth-order valence-corrected chi connectivity index (χ4v) is 2.84. The Balaban J connectivity index is 1.99. The van der Waals surface area contributed by atoms with Crippen LogP contribution in [0.25, 0.3) is 0 Å². The van der Waals surface area contributed by atoms with Crippen LogP contribution >= 0.6 is 0 Å². The molecule has 6 nitrogen and oxygen atoms in total. The van der Waals surface area contributed by atoms with Crippen LogP contribution in [0.2, 0.25) is 0 Å². The lowest BCUT2D eigenvalue weighted by Gasteiger charge is -2.28. The van der Waals surface area contributed by atoms with Crippen molar-refractivity contribution in [3.05, 3.63) is 58.7 Å². The quantitative estimate of drug-likeness (QED) is 0.774. The number of alkyl carbamates (subject to hydrolysis) is 1. The minimum absolute atomic E-state index is 0.0317. The van der Waals surface area contributed by atoms with Gasteiger partial charge in [-0.1, -0.05) is 0 Å². The van der Waals surface area contributed by atoms with Crippen molar-refractivity contribution in [2.45, 2.75) is 12.5 Å². The summed E-state index contributed by atoms with van der Waals surface area (Å²) < 4.78 is 64.8. The van der Waals surface area contributed by atoms with Gasteiger partial charge < -0.3 is 20.1 Å². The molecule has 0 saturated heterocycles. The van der Waals surface area contributed by atoms with E-state index in [0.717, 1.165) is 19.2 Å². The zero-order valence-electron chi connectivity index (χ0n) is 14.4. The Kier molecular flexibility index (Phi) is 5.39. The van der Waals surface area contributed by atoms with Crippen LogP contribution < -0.4 is 15.4 Å². The van der Waals surface area contributed by atoms with Crippen molar-refractivity contribution in [3.63, 3.8) is 0 Å². The third-order valence-corrected chi connectivity index (χ3v) is 4.10. The average molecular weight is 398 g/mol. The van der Waals surface area contributed by atoms with Crippen LogP contribution in [0.4, 0.5) is 28.0 Å². The first-order valence-corrected chi connectivity index (χ1v) is 8.07. The molecule has 0 bridgehead atoms. The number of amides is 2. The molecule has 0 spiro atoms. The molecule has 1 aliphatic heterocycles. The van der Waals surface area contributed by atoms with Crippen LogP contribution in [0.3, 0.4) is 0 Å². The molecule has 2 aromatic carbocycles. The van der Waals surface area contributed by atoms with Crippen molar-refractivity contribution < 1.29 is 36.6 Å². The Morgan fingerprint density at radius 1 is 1.07 bits per heavy atom. The molecule has 0 fully saturated rings. The monoisotopic (exact) mass is 398 g/mol. The molecule has 2 amide bonds. The molecular formula is C18H14F4N2O4. The average Bonchev–Trinajstić information content (AvgIpc) is 2.64. The van der Waals surface area contributed by atoms with E-state index >= 15 is 0 Å². The predicted molar refractivity (Wildman–Crippen MR) is 89.1 cm³/mol. The van der Waals surface area contributed by atoms with E-state index in [1.165, 1.54) is 0 Å². The molecule has 1 heterocycles. The van der Waals surface area contributed by atoms with Gasteiger partial charge in [0.1, 0.15) is 22.9 Å². The highest BCUT2D eigenvalue weighted by molar-refractivity contribution is 6.06. The van der Waals surface area contributed by atoms with Crippen LogP contribution in [0.5, 0.6) is 5.75 Å². The highest BCUT2D eigenvalue weighted by Gasteiger charge is 2.33. The minimum Gasteiger partial charge on any atom is -0.492 e. The van der Waals surface area contributed by atoms with Crippen LogP contribution in [-0.4, -0.2) is 25.7 Å². The molecule has 10 heteroatoms. The van der Waals surface area contributed by atoms with Gasteiger partial charge in [-0.15, -0.1) is 0 Å². The third kappa shape index (κ3) is 3.71. The van der Waals surface area contributed by atoms with Crippen LogP contribution in [-0.2, 0) is 4.74 Å². The number of fused-ring (bicyclic) bond motifs is 1. The van der Waals surface area contributed by atoms with Gasteiger partial charge in [0.2, 0.25) is 0 Å². The molecule has 1 atom stereocenters. The number of benzene rings is 2. The number of hydrogen-bond donors (Lipinski definition) is 2. The topological polar surface area (TPSA) is 76.7 Å². The van der Waals surface area contributed by atoms with E-state index in [2.05, 4.69) is 15.4 Å². The zero-order chi connectivity index (χ0) is 20.4. The van der Waals surface area contributed by atoms with Crippen LogP contribution in [0.15, 0.2) is 24.3 Å². The fraction of sp³-hybridized carbons (Fsp3) is 0.222. The van der Waals surface area contributed by atoms with Gasteiger partial charge in [-0.2, -0.15) is 0 Å². The number of ether oxygens (including phenoxy) is 2. The van der Waals surface area contributed by atoms with E-state index in [-0.39, 0.29) is 30.0 Å². The van der Waals surface area contributed by atoms with Gasteiger partial charge in [0.15, 0.2) is 11.6 Å². The Morgan fingerprint density at radius 2 is 1.82 bits per heavy atom. The number of halogens is 4. The van der Waals surface area contributed by atoms with E-state index in [1.807, 2.05) is 0 Å². The molecule has 0 radical (unpaired) electrons. The predicted octanol–water partition coefficient (Wildman–Crippen LogP) is 3.67. The number of hydrogen-bond acceptors (Lipinski definition) is 4. The van der Waals surface area contributed by atoms with Crippen LogP contribution in [0.1, 0.15) is 28.4 Å². The first kappa shape index (κ1) is 19.5. The maximum absolute atomic E-state index is 14.4. The lowest BCUT2D eigenvalue weighted by atomic mass is 9.96. The molecule has 28 heavy (non-hydrogen) atoms. The van der Waals surface area contributed by atoms with E-state index in [4.69, 9.17) is 4.74 Å². The largest absolute Gasteiger partial charge is 0.492 e. The van der Waals surface area contributed by atoms with E-state index in [9.17, 15) is 27.2 Å². The van der Waals surface area contributed by atoms with Crippen molar-refractivity contribution in [2.75, 3.05) is 19.0 Å². The van der Waals surface area contributed by atoms with Gasteiger partial charge in [-0.3, -0.25) is 4.79 Å². The lowest BCUT2D eigenvalue weighted by molar-refractivity contribution is 0.101. The summed E-state index contributed by atoms with van der Waals surface area (Å²) in [5.74, 6) is -6.00. The molecule has 148 valence electrons. The molecule has 2 aromatic rings. The molecule has 2 N–H and O–H groups in total. The first-order valence-electron chi connectivity index (χ1n) is 8.07. The van der Waals surface area contributed by atoms with Crippen molar-refractivity contribution >= 4 is 17.7 Å². The van der Waals surface area contributed by atoms with E-state index in [0.29, 0.717) is 12.1 Å². The summed E-state index contributed by atoms with van der Waals surface area (Å²) in [5, 5.41) is 4.59. The normalized spacial score (nSPS) is 15.2. The molecule has 3 rings (SSSR count). The van der Waals surface area contributed by atoms with Crippen molar-refractivity contribution in [2.24, 2.45) is 0 Å². The summed E-state index contributed by atoms with van der Waals surface area (Å²) in [6.07, 6.45) is -0.677. The second-order valence-electron chi connectivity index (χ2n) is 5.87. The molecule has 0 aromatic heterocycles. The Labute approximate surface area is 156 Å². The zero-order valence-corrected chi connectivity index (χ0v) is 14.4. The van der Waals surface area contributed by atoms with Crippen molar-refractivity contribution in [1.82, 2.24) is 5.32 Å². The summed E-state index contributed by atoms with van der Waals surface area (Å²) >= 11 is 0. The Hall–Kier alpha value is -3.30. The first-order chi connectivity index (χ1) is 13.3. The van der Waals surface area contributed by atoms with E-state index < -0.39 is 46.9 Å². The standard InChI is InChI=1S/C18H14F4N2O4/c1-27-18(26)24-13-4-5-28-16-14(13)11(21)7-12(22)15(16)17(25)23-8-2-3-9(19)10(20)6-8/h2-3,6-7,13H,4-5H2,1H3,(H,23,25)(H,24,26)/t13-/m0/s1. The highest BCUT2D eigenvalue weighted by atomic mass is 19.2. The van der Waals surface area contributed by atoms with Crippen molar-refractivity contribution in [1.29, 1.82) is 0 Å². The van der Waals surface area contributed by atoms with Crippen molar-refractivity contribution in [3.8, 4) is 5.75 Å². The SMILES string of the molecule is COC(=O)N[C@H]1CCOc2c(C(=O)Nc3ccc(F)c(F)c3)c(F)cc(F)c21. The van der Waals surface area contributed by atoms with E-state index in [1.54, 1.807) is 0 Å². The molecule has 0 aliphatic carbocycles. The maximum Gasteiger partial charge on any atom is 0.407 e. The Morgan fingerprint density at radius 3 is 2.50 bits per heavy atom. The molecule has 0 saturated carbocycles. The number of carbonyl (C=O) groups excluding carboxylic acids is 2. The number of anilines is 1. The van der Waals surface area contributed by atoms with Gasteiger partial charge in [0, 0.05) is 24.2 Å². The summed E-state index contributed by atoms with van der Waals surface area (Å²) in [4.78, 5) is 24.0. The maximum atomic E-state index is 14.4. The number of carbonyl (C=O) groups is 2. The van der Waals surface area contributed by atoms with Gasteiger partial charge in [0.05, 0.1) is 25.3 Å². The smallest absolute Gasteiger partial charge is 0.407 e. The molecular weight excluding hydrogens is 384 g/mol. The Bertz CT molecular complexity index is 952. The second kappa shape index (κ2) is 7.75. The van der Waals surface area contributed by atoms with Crippen LogP contribution in [0, 0.1) is 23.3 Å². The van der Waals surface area contributed by atoms with Gasteiger partial charge >= 0.3 is 6.09 Å². The second-order valence-corrected chi connectivity index (χ2v) is 5.87. The third-order valence-electron chi connectivity index (χ3n) is 4.10. The number of methoxy groups -OCH3 is 1. The minimum atomic E-state index is -1.21. The molecule has 0 unspecified atom stereocenters. The number of rotatable bonds is 3. The van der Waals surface area contributed by atoms with Gasteiger partial charge in [-0.25, -0.2) is 22.4 Å². The summed E-state index contributed by atoms with van der Waals surface area (Å²) in [6, 6.07) is 2.15. The number of nitrogens with one attached hydrogen (secondary N) is 2. The summed E-state index contributed by atoms with van der Waals surface area (Å²) in [5.41, 5.74) is -0.979. The lowest BCUT2D eigenvalue weighted by Crippen LogP contribution is -2.34. The fourth-order valence-electron chi connectivity index (χ4n) is 2.84. The summed E-state index contributed by atoms with van der Waals surface area (Å²) in [6.45, 7) is -0.0317. The summed E-state index contributed by atoms with van der Waals surface area (Å²) in [7, 11) is 1.12. The van der Waals surface area contributed by atoms with Gasteiger partial charge in [0.25, 0.3) is 5.91 Å².